The SMILES string of the molecule is C=C1CC2CCC(C1)N2c1ccnc(OC2CCC2)c1. The summed E-state index contributed by atoms with van der Waals surface area (Å²) in [5, 5.41) is 0. The summed E-state index contributed by atoms with van der Waals surface area (Å²) < 4.78 is 5.94. The van der Waals surface area contributed by atoms with Crippen molar-refractivity contribution in [3.8, 4) is 5.88 Å². The van der Waals surface area contributed by atoms with Crippen molar-refractivity contribution >= 4 is 5.69 Å². The molecular formula is C17H22N2O. The largest absolute Gasteiger partial charge is 0.474 e. The number of rotatable bonds is 3. The second-order valence-electron chi connectivity index (χ2n) is 6.47. The summed E-state index contributed by atoms with van der Waals surface area (Å²) in [4.78, 5) is 6.96. The predicted octanol–water partition coefficient (Wildman–Crippen LogP) is 3.70. The molecule has 2 aliphatic heterocycles. The van der Waals surface area contributed by atoms with E-state index in [1.807, 2.05) is 6.20 Å². The summed E-state index contributed by atoms with van der Waals surface area (Å²) in [6, 6.07) is 5.55. The van der Waals surface area contributed by atoms with Crippen molar-refractivity contribution in [1.29, 1.82) is 0 Å². The highest BCUT2D eigenvalue weighted by molar-refractivity contribution is 5.53. The molecule has 106 valence electrons. The van der Waals surface area contributed by atoms with E-state index in [0.717, 1.165) is 18.7 Å². The first-order valence-electron chi connectivity index (χ1n) is 7.87. The molecule has 3 heterocycles. The van der Waals surface area contributed by atoms with Crippen molar-refractivity contribution in [2.24, 2.45) is 0 Å². The van der Waals surface area contributed by atoms with Gasteiger partial charge in [-0.1, -0.05) is 12.2 Å². The van der Waals surface area contributed by atoms with Gasteiger partial charge >= 0.3 is 0 Å². The minimum atomic E-state index is 0.399. The van der Waals surface area contributed by atoms with Crippen molar-refractivity contribution in [3.63, 3.8) is 0 Å². The number of aromatic nitrogens is 1. The number of hydrogen-bond acceptors (Lipinski definition) is 3. The van der Waals surface area contributed by atoms with Crippen molar-refractivity contribution in [2.45, 2.75) is 63.1 Å². The molecule has 1 aliphatic carbocycles. The highest BCUT2D eigenvalue weighted by atomic mass is 16.5. The number of anilines is 1. The summed E-state index contributed by atoms with van der Waals surface area (Å²) >= 11 is 0. The Morgan fingerprint density at radius 2 is 1.90 bits per heavy atom. The lowest BCUT2D eigenvalue weighted by Gasteiger charge is -2.38. The molecule has 2 saturated heterocycles. The molecule has 2 bridgehead atoms. The molecule has 0 radical (unpaired) electrons. The van der Waals surface area contributed by atoms with Gasteiger partial charge in [0, 0.05) is 30.0 Å². The summed E-state index contributed by atoms with van der Waals surface area (Å²) in [6.45, 7) is 4.20. The van der Waals surface area contributed by atoms with E-state index in [2.05, 4.69) is 28.6 Å². The standard InChI is InChI=1S/C17H22N2O/c1-12-9-13-5-6-14(10-12)19(13)15-7-8-18-17(11-15)20-16-3-2-4-16/h7-8,11,13-14,16H,1-6,9-10H2. The van der Waals surface area contributed by atoms with E-state index < -0.39 is 0 Å². The number of nitrogens with zero attached hydrogens (tertiary/aromatic N) is 2. The van der Waals surface area contributed by atoms with Crippen LogP contribution in [-0.2, 0) is 0 Å². The molecule has 3 aliphatic rings. The third-order valence-electron chi connectivity index (χ3n) is 5.02. The maximum absolute atomic E-state index is 5.94. The summed E-state index contributed by atoms with van der Waals surface area (Å²) in [5.41, 5.74) is 2.71. The average molecular weight is 270 g/mol. The molecule has 0 N–H and O–H groups in total. The van der Waals surface area contributed by atoms with E-state index in [4.69, 9.17) is 4.74 Å². The Kier molecular flexibility index (Phi) is 2.94. The van der Waals surface area contributed by atoms with Gasteiger partial charge in [-0.05, 0) is 51.0 Å². The van der Waals surface area contributed by atoms with E-state index in [9.17, 15) is 0 Å². The Bertz CT molecular complexity index is 507. The zero-order chi connectivity index (χ0) is 13.5. The van der Waals surface area contributed by atoms with Gasteiger partial charge in [-0.15, -0.1) is 0 Å². The van der Waals surface area contributed by atoms with Gasteiger partial charge in [-0.25, -0.2) is 4.98 Å². The summed E-state index contributed by atoms with van der Waals surface area (Å²) in [6.07, 6.45) is 10.8. The number of piperidine rings is 1. The zero-order valence-electron chi connectivity index (χ0n) is 11.9. The Morgan fingerprint density at radius 3 is 2.55 bits per heavy atom. The van der Waals surface area contributed by atoms with E-state index in [0.29, 0.717) is 18.2 Å². The van der Waals surface area contributed by atoms with Crippen LogP contribution in [0.5, 0.6) is 5.88 Å². The second kappa shape index (κ2) is 4.80. The number of pyridine rings is 1. The van der Waals surface area contributed by atoms with Gasteiger partial charge < -0.3 is 9.64 Å². The molecule has 2 atom stereocenters. The average Bonchev–Trinajstić information content (AvgIpc) is 2.67. The zero-order valence-corrected chi connectivity index (χ0v) is 11.9. The van der Waals surface area contributed by atoms with Gasteiger partial charge in [0.15, 0.2) is 0 Å². The lowest BCUT2D eigenvalue weighted by molar-refractivity contribution is 0.114. The summed E-state index contributed by atoms with van der Waals surface area (Å²) in [7, 11) is 0. The molecule has 2 unspecified atom stereocenters. The number of fused-ring (bicyclic) bond motifs is 2. The van der Waals surface area contributed by atoms with Crippen LogP contribution in [0.3, 0.4) is 0 Å². The van der Waals surface area contributed by atoms with Gasteiger partial charge in [0.2, 0.25) is 5.88 Å². The molecule has 1 aromatic rings. The quantitative estimate of drug-likeness (QED) is 0.783. The molecule has 4 rings (SSSR count). The van der Waals surface area contributed by atoms with Crippen LogP contribution < -0.4 is 9.64 Å². The first-order valence-corrected chi connectivity index (χ1v) is 7.87. The minimum absolute atomic E-state index is 0.399. The summed E-state index contributed by atoms with van der Waals surface area (Å²) in [5.74, 6) is 0.802. The lowest BCUT2D eigenvalue weighted by atomic mass is 9.96. The van der Waals surface area contributed by atoms with Crippen LogP contribution in [0.4, 0.5) is 5.69 Å². The highest BCUT2D eigenvalue weighted by Gasteiger charge is 2.38. The molecule has 0 spiro atoms. The fourth-order valence-corrected chi connectivity index (χ4v) is 3.82. The highest BCUT2D eigenvalue weighted by Crippen LogP contribution is 2.41. The molecule has 1 saturated carbocycles. The minimum Gasteiger partial charge on any atom is -0.474 e. The van der Waals surface area contributed by atoms with Crippen LogP contribution in [0, 0.1) is 0 Å². The molecule has 3 heteroatoms. The lowest BCUT2D eigenvalue weighted by Crippen LogP contribution is -2.40. The molecule has 20 heavy (non-hydrogen) atoms. The van der Waals surface area contributed by atoms with Crippen LogP contribution in [0.2, 0.25) is 0 Å². The van der Waals surface area contributed by atoms with Crippen LogP contribution in [0.1, 0.15) is 44.9 Å². The van der Waals surface area contributed by atoms with E-state index in [1.54, 1.807) is 0 Å². The number of hydrogen-bond donors (Lipinski definition) is 0. The van der Waals surface area contributed by atoms with Gasteiger partial charge in [-0.2, -0.15) is 0 Å². The van der Waals surface area contributed by atoms with Gasteiger partial charge in [-0.3, -0.25) is 0 Å². The van der Waals surface area contributed by atoms with E-state index in [-0.39, 0.29) is 0 Å². The van der Waals surface area contributed by atoms with Crippen molar-refractivity contribution < 1.29 is 4.74 Å². The first-order chi connectivity index (χ1) is 9.79. The second-order valence-corrected chi connectivity index (χ2v) is 6.47. The molecule has 3 fully saturated rings. The maximum atomic E-state index is 5.94. The van der Waals surface area contributed by atoms with Gasteiger partial charge in [0.25, 0.3) is 0 Å². The molecule has 0 aromatic carbocycles. The predicted molar refractivity (Wildman–Crippen MR) is 80.2 cm³/mol. The Balaban J connectivity index is 1.56. The van der Waals surface area contributed by atoms with Crippen molar-refractivity contribution in [2.75, 3.05) is 4.90 Å². The van der Waals surface area contributed by atoms with Crippen LogP contribution >= 0.6 is 0 Å². The number of ether oxygens (including phenoxy) is 1. The molecule has 3 nitrogen and oxygen atoms in total. The normalized spacial score (nSPS) is 29.4. The van der Waals surface area contributed by atoms with Crippen LogP contribution in [-0.4, -0.2) is 23.2 Å². The Labute approximate surface area is 120 Å². The van der Waals surface area contributed by atoms with Crippen LogP contribution in [0.15, 0.2) is 30.5 Å². The third-order valence-corrected chi connectivity index (χ3v) is 5.02. The topological polar surface area (TPSA) is 25.4 Å². The first kappa shape index (κ1) is 12.2. The molecular weight excluding hydrogens is 248 g/mol. The van der Waals surface area contributed by atoms with E-state index >= 15 is 0 Å². The fraction of sp³-hybridized carbons (Fsp3) is 0.588. The Hall–Kier alpha value is -1.51. The van der Waals surface area contributed by atoms with Gasteiger partial charge in [0.1, 0.15) is 6.10 Å². The van der Waals surface area contributed by atoms with Crippen LogP contribution in [0.25, 0.3) is 0 Å². The monoisotopic (exact) mass is 270 g/mol. The fourth-order valence-electron chi connectivity index (χ4n) is 3.82. The van der Waals surface area contributed by atoms with Crippen molar-refractivity contribution in [1.82, 2.24) is 4.98 Å². The third kappa shape index (κ3) is 2.09. The molecule has 0 amide bonds. The van der Waals surface area contributed by atoms with E-state index in [1.165, 1.54) is 43.4 Å². The molecule has 1 aromatic heterocycles. The maximum Gasteiger partial charge on any atom is 0.215 e. The van der Waals surface area contributed by atoms with Crippen molar-refractivity contribution in [3.05, 3.63) is 30.5 Å². The Morgan fingerprint density at radius 1 is 1.15 bits per heavy atom. The smallest absolute Gasteiger partial charge is 0.215 e. The van der Waals surface area contributed by atoms with Gasteiger partial charge in [0.05, 0.1) is 0 Å².